The van der Waals surface area contributed by atoms with E-state index in [2.05, 4.69) is 10.6 Å². The highest BCUT2D eigenvalue weighted by atomic mass is 35.5. The average Bonchev–Trinajstić information content (AvgIpc) is 3.46. The SMILES string of the molecule is CN(C1CC(C(=O)Nc2ccc(-n3ccccc3=O)cc2F)C[C@@H]1NC(=O)c1ccc(Cl)s1)S(C)(=O)=O. The van der Waals surface area contributed by atoms with Gasteiger partial charge in [-0.2, -0.15) is 0 Å². The van der Waals surface area contributed by atoms with Gasteiger partial charge in [-0.1, -0.05) is 17.7 Å². The Labute approximate surface area is 221 Å². The molecule has 0 spiro atoms. The van der Waals surface area contributed by atoms with Gasteiger partial charge in [-0.3, -0.25) is 19.0 Å². The van der Waals surface area contributed by atoms with Crippen molar-refractivity contribution in [3.05, 3.63) is 80.1 Å². The smallest absolute Gasteiger partial charge is 0.261 e. The lowest BCUT2D eigenvalue weighted by Gasteiger charge is -2.28. The molecule has 9 nitrogen and oxygen atoms in total. The van der Waals surface area contributed by atoms with Gasteiger partial charge in [0.2, 0.25) is 15.9 Å². The van der Waals surface area contributed by atoms with Crippen LogP contribution in [0.1, 0.15) is 22.5 Å². The predicted octanol–water partition coefficient (Wildman–Crippen LogP) is 3.10. The van der Waals surface area contributed by atoms with E-state index in [0.29, 0.717) is 14.9 Å². The zero-order valence-electron chi connectivity index (χ0n) is 19.9. The number of anilines is 1. The number of nitrogens with zero attached hydrogens (tertiary/aromatic N) is 2. The topological polar surface area (TPSA) is 118 Å². The summed E-state index contributed by atoms with van der Waals surface area (Å²) in [6, 6.07) is 10.4. The second-order valence-corrected chi connectivity index (χ2v) is 12.5. The fraction of sp³-hybridized carbons (Fsp3) is 0.292. The summed E-state index contributed by atoms with van der Waals surface area (Å²) in [7, 11) is -2.23. The molecule has 0 aliphatic heterocycles. The number of thiophene rings is 1. The first kappa shape index (κ1) is 27.0. The lowest BCUT2D eigenvalue weighted by Crippen LogP contribution is -2.48. The fourth-order valence-corrected chi connectivity index (χ4v) is 6.01. The highest BCUT2D eigenvalue weighted by Crippen LogP contribution is 2.33. The van der Waals surface area contributed by atoms with Crippen LogP contribution in [0.4, 0.5) is 10.1 Å². The number of likely N-dealkylation sites (N-methyl/N-ethyl adjacent to an activating group) is 1. The zero-order chi connectivity index (χ0) is 26.9. The van der Waals surface area contributed by atoms with Crippen molar-refractivity contribution in [3.63, 3.8) is 0 Å². The number of halogens is 2. The summed E-state index contributed by atoms with van der Waals surface area (Å²) in [6.07, 6.45) is 2.84. The molecule has 1 aliphatic rings. The van der Waals surface area contributed by atoms with Gasteiger partial charge >= 0.3 is 0 Å². The van der Waals surface area contributed by atoms with Crippen LogP contribution in [-0.2, 0) is 14.8 Å². The summed E-state index contributed by atoms with van der Waals surface area (Å²) in [6.45, 7) is 0. The molecule has 2 heterocycles. The minimum atomic E-state index is -3.62. The Bertz CT molecular complexity index is 1510. The molecule has 0 saturated heterocycles. The number of amides is 2. The Morgan fingerprint density at radius 1 is 1.16 bits per heavy atom. The first-order valence-corrected chi connectivity index (χ1v) is 14.3. The van der Waals surface area contributed by atoms with Crippen LogP contribution in [0.25, 0.3) is 5.69 Å². The van der Waals surface area contributed by atoms with Crippen molar-refractivity contribution in [1.29, 1.82) is 0 Å². The molecule has 0 bridgehead atoms. The number of aromatic nitrogens is 1. The van der Waals surface area contributed by atoms with E-state index in [0.717, 1.165) is 28.0 Å². The summed E-state index contributed by atoms with van der Waals surface area (Å²) in [5.41, 5.74) is -0.108. The number of hydrogen-bond donors (Lipinski definition) is 2. The molecule has 2 aromatic heterocycles. The van der Waals surface area contributed by atoms with Crippen molar-refractivity contribution >= 4 is 50.5 Å². The van der Waals surface area contributed by atoms with Crippen molar-refractivity contribution in [1.82, 2.24) is 14.2 Å². The third kappa shape index (κ3) is 6.09. The van der Waals surface area contributed by atoms with Crippen molar-refractivity contribution in [2.75, 3.05) is 18.6 Å². The molecule has 37 heavy (non-hydrogen) atoms. The Kier molecular flexibility index (Phi) is 7.83. The number of benzene rings is 1. The van der Waals surface area contributed by atoms with Gasteiger partial charge in [-0.15, -0.1) is 11.3 Å². The summed E-state index contributed by atoms with van der Waals surface area (Å²) in [5.74, 6) is -2.36. The number of carbonyl (C=O) groups excluding carboxylic acids is 2. The monoisotopic (exact) mass is 566 g/mol. The molecule has 3 atom stereocenters. The normalized spacial score (nSPS) is 19.6. The zero-order valence-corrected chi connectivity index (χ0v) is 22.2. The lowest BCUT2D eigenvalue weighted by atomic mass is 10.1. The van der Waals surface area contributed by atoms with Crippen LogP contribution in [0.15, 0.2) is 59.5 Å². The molecule has 13 heteroatoms. The molecule has 2 N–H and O–H groups in total. The number of rotatable bonds is 7. The fourth-order valence-electron chi connectivity index (χ4n) is 4.34. The maximum absolute atomic E-state index is 14.8. The van der Waals surface area contributed by atoms with Gasteiger partial charge in [-0.05, 0) is 43.2 Å². The minimum Gasteiger partial charge on any atom is -0.347 e. The van der Waals surface area contributed by atoms with Crippen LogP contribution in [0.3, 0.4) is 0 Å². The Balaban J connectivity index is 1.51. The quantitative estimate of drug-likeness (QED) is 0.456. The second-order valence-electron chi connectivity index (χ2n) is 8.76. The van der Waals surface area contributed by atoms with E-state index < -0.39 is 45.7 Å². The number of pyridine rings is 1. The largest absolute Gasteiger partial charge is 0.347 e. The molecular formula is C24H24ClFN4O5S2. The van der Waals surface area contributed by atoms with Crippen LogP contribution in [0.5, 0.6) is 0 Å². The molecule has 1 fully saturated rings. The van der Waals surface area contributed by atoms with Gasteiger partial charge in [0.25, 0.3) is 11.5 Å². The third-order valence-corrected chi connectivity index (χ3v) is 8.86. The molecule has 1 aliphatic carbocycles. The first-order chi connectivity index (χ1) is 17.4. The van der Waals surface area contributed by atoms with E-state index in [1.807, 2.05) is 0 Å². The standard InChI is InChI=1S/C24H24ClFN4O5S2/c1-29(37(2,34)35)19-12-14(11-18(19)28-24(33)20-8-9-21(25)36-20)23(32)27-17-7-6-15(13-16(17)26)30-10-4-3-5-22(30)31/h3-10,13-14,18-19H,11-12H2,1-2H3,(H,27,32)(H,28,33)/t14?,18-,19?/m0/s1. The molecule has 0 radical (unpaired) electrons. The van der Waals surface area contributed by atoms with E-state index in [1.165, 1.54) is 36.0 Å². The maximum atomic E-state index is 14.8. The molecule has 3 aromatic rings. The van der Waals surface area contributed by atoms with E-state index in [-0.39, 0.29) is 24.1 Å². The van der Waals surface area contributed by atoms with Crippen molar-refractivity contribution < 1.29 is 22.4 Å². The van der Waals surface area contributed by atoms with Crippen molar-refractivity contribution in [2.45, 2.75) is 24.9 Å². The van der Waals surface area contributed by atoms with Gasteiger partial charge in [0, 0.05) is 43.4 Å². The minimum absolute atomic E-state index is 0.0774. The number of sulfonamides is 1. The van der Waals surface area contributed by atoms with Gasteiger partial charge in [0.05, 0.1) is 26.8 Å². The number of carbonyl (C=O) groups is 2. The highest BCUT2D eigenvalue weighted by Gasteiger charge is 2.43. The molecule has 2 amide bonds. The maximum Gasteiger partial charge on any atom is 0.261 e. The van der Waals surface area contributed by atoms with Crippen molar-refractivity contribution in [3.8, 4) is 5.69 Å². The van der Waals surface area contributed by atoms with E-state index in [1.54, 1.807) is 24.3 Å². The van der Waals surface area contributed by atoms with E-state index in [9.17, 15) is 27.2 Å². The molecule has 196 valence electrons. The molecule has 2 unspecified atom stereocenters. The first-order valence-electron chi connectivity index (χ1n) is 11.2. The van der Waals surface area contributed by atoms with Crippen LogP contribution in [0, 0.1) is 11.7 Å². The van der Waals surface area contributed by atoms with Gasteiger partial charge in [0.15, 0.2) is 0 Å². The molecule has 1 saturated carbocycles. The summed E-state index contributed by atoms with van der Waals surface area (Å²) < 4.78 is 42.1. The van der Waals surface area contributed by atoms with Crippen LogP contribution in [-0.4, -0.2) is 54.5 Å². The van der Waals surface area contributed by atoms with Gasteiger partial charge in [-0.25, -0.2) is 17.1 Å². The van der Waals surface area contributed by atoms with Crippen LogP contribution in [0.2, 0.25) is 4.34 Å². The third-order valence-electron chi connectivity index (χ3n) is 6.31. The van der Waals surface area contributed by atoms with Crippen LogP contribution < -0.4 is 16.2 Å². The molecular weight excluding hydrogens is 543 g/mol. The summed E-state index contributed by atoms with van der Waals surface area (Å²) in [5, 5.41) is 5.38. The average molecular weight is 567 g/mol. The molecule has 1 aromatic carbocycles. The predicted molar refractivity (Wildman–Crippen MR) is 140 cm³/mol. The highest BCUT2D eigenvalue weighted by molar-refractivity contribution is 7.88. The van der Waals surface area contributed by atoms with Gasteiger partial charge in [0.1, 0.15) is 5.82 Å². The van der Waals surface area contributed by atoms with Crippen LogP contribution >= 0.6 is 22.9 Å². The van der Waals surface area contributed by atoms with Crippen molar-refractivity contribution in [2.24, 2.45) is 5.92 Å². The Morgan fingerprint density at radius 2 is 1.92 bits per heavy atom. The number of hydrogen-bond acceptors (Lipinski definition) is 6. The molecule has 4 rings (SSSR count). The second kappa shape index (κ2) is 10.7. The Hall–Kier alpha value is -3.06. The van der Waals surface area contributed by atoms with Gasteiger partial charge < -0.3 is 10.6 Å². The summed E-state index contributed by atoms with van der Waals surface area (Å²) >= 11 is 7.00. The lowest BCUT2D eigenvalue weighted by molar-refractivity contribution is -0.119. The Morgan fingerprint density at radius 3 is 2.54 bits per heavy atom. The number of nitrogens with one attached hydrogen (secondary N) is 2. The van der Waals surface area contributed by atoms with E-state index in [4.69, 9.17) is 11.6 Å². The van der Waals surface area contributed by atoms with E-state index >= 15 is 0 Å². The summed E-state index contributed by atoms with van der Waals surface area (Å²) in [4.78, 5) is 38.2.